The summed E-state index contributed by atoms with van der Waals surface area (Å²) in [5.74, 6) is 5.84. The first kappa shape index (κ1) is 14.8. The van der Waals surface area contributed by atoms with Crippen molar-refractivity contribution in [3.8, 4) is 11.5 Å². The van der Waals surface area contributed by atoms with Crippen LogP contribution in [0.5, 0.6) is 11.5 Å². The molecule has 0 spiro atoms. The van der Waals surface area contributed by atoms with E-state index in [4.69, 9.17) is 15.3 Å². The van der Waals surface area contributed by atoms with Crippen LogP contribution in [0, 0.1) is 0 Å². The molecule has 20 heavy (non-hydrogen) atoms. The Labute approximate surface area is 128 Å². The van der Waals surface area contributed by atoms with E-state index in [1.807, 2.05) is 17.6 Å². The average Bonchev–Trinajstić information content (AvgIpc) is 2.93. The Morgan fingerprint density at radius 1 is 1.55 bits per heavy atom. The summed E-state index contributed by atoms with van der Waals surface area (Å²) in [6.07, 6.45) is 0. The monoisotopic (exact) mass is 357 g/mol. The molecule has 0 radical (unpaired) electrons. The molecule has 1 amide bonds. The van der Waals surface area contributed by atoms with E-state index in [0.29, 0.717) is 22.2 Å². The summed E-state index contributed by atoms with van der Waals surface area (Å²) in [7, 11) is 1.57. The van der Waals surface area contributed by atoms with Gasteiger partial charge in [-0.05, 0) is 28.1 Å². The smallest absolute Gasteiger partial charge is 0.294 e. The van der Waals surface area contributed by atoms with Crippen LogP contribution in [0.2, 0.25) is 0 Å². The van der Waals surface area contributed by atoms with Crippen LogP contribution in [-0.4, -0.2) is 18.0 Å². The fourth-order valence-electron chi connectivity index (χ4n) is 1.48. The fourth-order valence-corrected chi connectivity index (χ4v) is 2.64. The number of hydrogen-bond donors (Lipinski definition) is 2. The van der Waals surface area contributed by atoms with Crippen LogP contribution >= 0.6 is 27.3 Å². The van der Waals surface area contributed by atoms with Crippen molar-refractivity contribution < 1.29 is 14.3 Å². The summed E-state index contributed by atoms with van der Waals surface area (Å²) in [6.45, 7) is 0.229. The van der Waals surface area contributed by atoms with Gasteiger partial charge in [-0.3, -0.25) is 10.2 Å². The Kier molecular flexibility index (Phi) is 4.94. The van der Waals surface area contributed by atoms with E-state index >= 15 is 0 Å². The lowest BCUT2D eigenvalue weighted by Gasteiger charge is -2.11. The average molecular weight is 358 g/mol. The van der Waals surface area contributed by atoms with Crippen molar-refractivity contribution in [3.63, 3.8) is 0 Å². The van der Waals surface area contributed by atoms with Crippen LogP contribution in [0.4, 0.5) is 0 Å². The molecule has 2 rings (SSSR count). The molecule has 0 bridgehead atoms. The highest BCUT2D eigenvalue weighted by molar-refractivity contribution is 9.10. The van der Waals surface area contributed by atoms with Crippen molar-refractivity contribution in [2.75, 3.05) is 7.11 Å². The first-order valence-corrected chi connectivity index (χ1v) is 7.23. The maximum atomic E-state index is 11.3. The Bertz CT molecular complexity index is 618. The van der Waals surface area contributed by atoms with E-state index in [1.165, 1.54) is 11.3 Å². The number of aromatic nitrogens is 1. The zero-order chi connectivity index (χ0) is 14.5. The van der Waals surface area contributed by atoms with Gasteiger partial charge in [0, 0.05) is 5.38 Å². The topological polar surface area (TPSA) is 86.5 Å². The summed E-state index contributed by atoms with van der Waals surface area (Å²) in [6, 6.07) is 5.50. The minimum absolute atomic E-state index is 0.229. The van der Waals surface area contributed by atoms with Gasteiger partial charge in [0.1, 0.15) is 6.61 Å². The lowest BCUT2D eigenvalue weighted by atomic mass is 10.3. The highest BCUT2D eigenvalue weighted by Crippen LogP contribution is 2.35. The van der Waals surface area contributed by atoms with Gasteiger partial charge in [-0.1, -0.05) is 6.07 Å². The fraction of sp³-hybridized carbons (Fsp3) is 0.167. The van der Waals surface area contributed by atoms with E-state index in [0.717, 1.165) is 4.47 Å². The van der Waals surface area contributed by atoms with Crippen LogP contribution in [0.1, 0.15) is 15.5 Å². The molecule has 0 saturated heterocycles. The van der Waals surface area contributed by atoms with Gasteiger partial charge in [0.25, 0.3) is 5.91 Å². The molecule has 1 heterocycles. The first-order valence-electron chi connectivity index (χ1n) is 5.56. The molecule has 0 aliphatic heterocycles. The maximum Gasteiger partial charge on any atom is 0.294 e. The lowest BCUT2D eigenvalue weighted by molar-refractivity contribution is 0.0953. The second-order valence-electron chi connectivity index (χ2n) is 3.68. The lowest BCUT2D eigenvalue weighted by Crippen LogP contribution is -2.29. The molecule has 0 saturated carbocycles. The number of methoxy groups -OCH3 is 1. The number of hydrogen-bond acceptors (Lipinski definition) is 6. The Balaban J connectivity index is 2.09. The van der Waals surface area contributed by atoms with Gasteiger partial charge in [-0.15, -0.1) is 11.3 Å². The number of nitrogen functional groups attached to an aromatic ring is 1. The zero-order valence-corrected chi connectivity index (χ0v) is 13.0. The van der Waals surface area contributed by atoms with Crippen LogP contribution in [0.15, 0.2) is 28.1 Å². The number of hydrazine groups is 1. The van der Waals surface area contributed by atoms with E-state index < -0.39 is 5.91 Å². The van der Waals surface area contributed by atoms with Gasteiger partial charge in [0.15, 0.2) is 16.5 Å². The summed E-state index contributed by atoms with van der Waals surface area (Å²) >= 11 is 4.60. The van der Waals surface area contributed by atoms with Crippen molar-refractivity contribution in [1.29, 1.82) is 0 Å². The molecule has 0 fully saturated rings. The number of nitrogens with one attached hydrogen (secondary N) is 1. The van der Waals surface area contributed by atoms with Crippen molar-refractivity contribution in [2.45, 2.75) is 6.61 Å². The molecule has 0 atom stereocenters. The number of thiazole rings is 1. The molecule has 3 N–H and O–H groups in total. The van der Waals surface area contributed by atoms with Gasteiger partial charge in [-0.2, -0.15) is 0 Å². The predicted octanol–water partition coefficient (Wildman–Crippen LogP) is 2.10. The number of amides is 1. The third-order valence-electron chi connectivity index (χ3n) is 2.39. The molecule has 0 unspecified atom stereocenters. The Morgan fingerprint density at radius 2 is 2.35 bits per heavy atom. The Hall–Kier alpha value is -1.64. The maximum absolute atomic E-state index is 11.3. The molecule has 1 aromatic heterocycles. The minimum atomic E-state index is -0.417. The van der Waals surface area contributed by atoms with Crippen LogP contribution < -0.4 is 20.7 Å². The van der Waals surface area contributed by atoms with Gasteiger partial charge in [0.2, 0.25) is 0 Å². The number of benzene rings is 1. The van der Waals surface area contributed by atoms with Gasteiger partial charge in [-0.25, -0.2) is 10.8 Å². The first-order chi connectivity index (χ1) is 9.65. The molecular formula is C12H12BrN3O3S. The van der Waals surface area contributed by atoms with Crippen LogP contribution in [-0.2, 0) is 6.61 Å². The summed E-state index contributed by atoms with van der Waals surface area (Å²) in [5.41, 5.74) is 2.68. The summed E-state index contributed by atoms with van der Waals surface area (Å²) in [5, 5.41) is 2.04. The molecule has 0 aliphatic carbocycles. The third-order valence-corrected chi connectivity index (χ3v) is 3.91. The van der Waals surface area contributed by atoms with E-state index in [9.17, 15) is 4.79 Å². The van der Waals surface area contributed by atoms with Gasteiger partial charge < -0.3 is 9.47 Å². The summed E-state index contributed by atoms with van der Waals surface area (Å²) in [4.78, 5) is 15.4. The van der Waals surface area contributed by atoms with E-state index in [1.54, 1.807) is 18.6 Å². The molecular weight excluding hydrogens is 346 g/mol. The van der Waals surface area contributed by atoms with Crippen LogP contribution in [0.25, 0.3) is 0 Å². The third kappa shape index (κ3) is 3.27. The number of para-hydroxylation sites is 1. The van der Waals surface area contributed by atoms with Crippen LogP contribution in [0.3, 0.4) is 0 Å². The molecule has 2 aromatic rings. The summed E-state index contributed by atoms with van der Waals surface area (Å²) < 4.78 is 11.7. The normalized spacial score (nSPS) is 10.2. The second-order valence-corrected chi connectivity index (χ2v) is 5.39. The SMILES string of the molecule is COc1cccc(Br)c1OCc1csc(C(=O)NN)n1. The number of carbonyl (C=O) groups is 1. The van der Waals surface area contributed by atoms with Crippen molar-refractivity contribution in [3.05, 3.63) is 38.8 Å². The van der Waals surface area contributed by atoms with Gasteiger partial charge in [0.05, 0.1) is 17.3 Å². The van der Waals surface area contributed by atoms with Gasteiger partial charge >= 0.3 is 0 Å². The zero-order valence-electron chi connectivity index (χ0n) is 10.6. The highest BCUT2D eigenvalue weighted by Gasteiger charge is 2.12. The molecule has 1 aromatic carbocycles. The number of nitrogens with two attached hydrogens (primary N) is 1. The number of ether oxygens (including phenoxy) is 2. The number of nitrogens with zero attached hydrogens (tertiary/aromatic N) is 1. The molecule has 6 nitrogen and oxygen atoms in total. The van der Waals surface area contributed by atoms with Crippen molar-refractivity contribution in [1.82, 2.24) is 10.4 Å². The second kappa shape index (κ2) is 6.69. The van der Waals surface area contributed by atoms with E-state index in [-0.39, 0.29) is 6.61 Å². The quantitative estimate of drug-likeness (QED) is 0.486. The molecule has 106 valence electrons. The van der Waals surface area contributed by atoms with E-state index in [2.05, 4.69) is 20.9 Å². The van der Waals surface area contributed by atoms with Crippen molar-refractivity contribution in [2.24, 2.45) is 5.84 Å². The largest absolute Gasteiger partial charge is 0.493 e. The molecule has 8 heteroatoms. The predicted molar refractivity (Wildman–Crippen MR) is 78.8 cm³/mol. The standard InChI is InChI=1S/C12H12BrN3O3S/c1-18-9-4-2-3-8(13)10(9)19-5-7-6-20-12(15-7)11(17)16-14/h2-4,6H,5,14H2,1H3,(H,16,17). The highest BCUT2D eigenvalue weighted by atomic mass is 79.9. The minimum Gasteiger partial charge on any atom is -0.493 e. The number of halogens is 1. The molecule has 0 aliphatic rings. The number of carbonyl (C=O) groups excluding carboxylic acids is 1. The van der Waals surface area contributed by atoms with Crippen molar-refractivity contribution >= 4 is 33.2 Å². The Morgan fingerprint density at radius 3 is 3.05 bits per heavy atom. The number of rotatable bonds is 5.